The summed E-state index contributed by atoms with van der Waals surface area (Å²) in [7, 11) is 1.79. The van der Waals surface area contributed by atoms with Crippen molar-refractivity contribution in [2.75, 3.05) is 6.54 Å². The maximum atomic E-state index is 13.8. The molecule has 2 aliphatic heterocycles. The zero-order chi connectivity index (χ0) is 25.7. The summed E-state index contributed by atoms with van der Waals surface area (Å²) in [6, 6.07) is 7.80. The summed E-state index contributed by atoms with van der Waals surface area (Å²) in [5, 5.41) is 14.8. The Balaban J connectivity index is 0.000000509. The van der Waals surface area contributed by atoms with Crippen molar-refractivity contribution in [3.8, 4) is 0 Å². The van der Waals surface area contributed by atoms with Gasteiger partial charge in [0.1, 0.15) is 11.6 Å². The van der Waals surface area contributed by atoms with Gasteiger partial charge in [0.05, 0.1) is 12.7 Å². The minimum absolute atomic E-state index is 0.0745. The van der Waals surface area contributed by atoms with Crippen LogP contribution >= 0.6 is 0 Å². The topological polar surface area (TPSA) is 122 Å². The molecule has 2 N–H and O–H groups in total. The molecule has 2 saturated heterocycles. The highest BCUT2D eigenvalue weighted by Crippen LogP contribution is 2.37. The monoisotopic (exact) mass is 489 g/mol. The third kappa shape index (κ3) is 6.52. The van der Waals surface area contributed by atoms with Crippen LogP contribution in [0.4, 0.5) is 4.39 Å². The first kappa shape index (κ1) is 26.5. The van der Waals surface area contributed by atoms with Crippen molar-refractivity contribution in [1.29, 1.82) is 0 Å². The van der Waals surface area contributed by atoms with Gasteiger partial charge in [-0.3, -0.25) is 14.3 Å². The molecular formula is C25H32FN3O6. The summed E-state index contributed by atoms with van der Waals surface area (Å²) in [5.41, 5.74) is 2.38. The van der Waals surface area contributed by atoms with E-state index in [2.05, 4.69) is 9.88 Å². The Hall–Kier alpha value is -3.11. The number of aromatic nitrogens is 2. The van der Waals surface area contributed by atoms with Crippen LogP contribution in [0.25, 0.3) is 0 Å². The molecule has 10 heteroatoms. The molecule has 35 heavy (non-hydrogen) atoms. The van der Waals surface area contributed by atoms with E-state index in [0.29, 0.717) is 24.3 Å². The van der Waals surface area contributed by atoms with E-state index >= 15 is 0 Å². The molecule has 2 atom stereocenters. The molecule has 2 bridgehead atoms. The summed E-state index contributed by atoms with van der Waals surface area (Å²) < 4.78 is 21.5. The van der Waals surface area contributed by atoms with Crippen LogP contribution in [0, 0.1) is 19.7 Å². The Kier molecular flexibility index (Phi) is 8.74. The fourth-order valence-corrected chi connectivity index (χ4v) is 4.97. The van der Waals surface area contributed by atoms with E-state index in [9.17, 15) is 9.18 Å². The van der Waals surface area contributed by atoms with Gasteiger partial charge >= 0.3 is 11.9 Å². The quantitative estimate of drug-likeness (QED) is 0.594. The summed E-state index contributed by atoms with van der Waals surface area (Å²) in [6.07, 6.45) is 5.22. The second-order valence-corrected chi connectivity index (χ2v) is 9.07. The minimum Gasteiger partial charge on any atom is -0.473 e. The Labute approximate surface area is 203 Å². The second-order valence-electron chi connectivity index (χ2n) is 9.07. The van der Waals surface area contributed by atoms with Crippen molar-refractivity contribution in [2.24, 2.45) is 7.05 Å². The van der Waals surface area contributed by atoms with Crippen molar-refractivity contribution in [2.45, 2.75) is 70.7 Å². The number of carboxylic acid groups (broad SMARTS) is 2. The summed E-state index contributed by atoms with van der Waals surface area (Å²) >= 11 is 0. The van der Waals surface area contributed by atoms with Crippen molar-refractivity contribution >= 4 is 11.9 Å². The van der Waals surface area contributed by atoms with E-state index in [0.717, 1.165) is 42.9 Å². The number of hydrogen-bond donors (Lipinski definition) is 2. The van der Waals surface area contributed by atoms with E-state index in [1.807, 2.05) is 19.9 Å². The number of aliphatic carboxylic acids is 2. The lowest BCUT2D eigenvalue weighted by atomic mass is 9.98. The maximum absolute atomic E-state index is 13.8. The van der Waals surface area contributed by atoms with Gasteiger partial charge in [-0.25, -0.2) is 19.0 Å². The number of carbonyl (C=O) groups is 2. The number of ether oxygens (including phenoxy) is 1. The number of nitrogens with zero attached hydrogens (tertiary/aromatic N) is 3. The largest absolute Gasteiger partial charge is 0.473 e. The first-order valence-corrected chi connectivity index (χ1v) is 11.7. The van der Waals surface area contributed by atoms with Gasteiger partial charge < -0.3 is 14.9 Å². The number of carboxylic acids is 2. The molecule has 0 spiro atoms. The highest BCUT2D eigenvalue weighted by atomic mass is 19.1. The van der Waals surface area contributed by atoms with Gasteiger partial charge in [-0.15, -0.1) is 0 Å². The van der Waals surface area contributed by atoms with Crippen LogP contribution in [-0.2, 0) is 34.4 Å². The van der Waals surface area contributed by atoms with E-state index < -0.39 is 11.9 Å². The fraction of sp³-hybridized carbons (Fsp3) is 0.520. The Morgan fingerprint density at radius 3 is 2.29 bits per heavy atom. The first-order chi connectivity index (χ1) is 16.6. The molecule has 2 aliphatic rings. The van der Waals surface area contributed by atoms with Gasteiger partial charge in [0.25, 0.3) is 5.56 Å². The SMILES string of the molecule is Cc1nc(C)n(C)c(=O)c1CCN1C2CCC1CC(OCc1ccccc1F)C2.O=C(O)C(=O)O. The van der Waals surface area contributed by atoms with Crippen LogP contribution in [-0.4, -0.2) is 61.3 Å². The van der Waals surface area contributed by atoms with Gasteiger partial charge in [-0.1, -0.05) is 18.2 Å². The number of benzene rings is 1. The van der Waals surface area contributed by atoms with Crippen LogP contribution < -0.4 is 5.56 Å². The van der Waals surface area contributed by atoms with Gasteiger partial charge in [-0.05, 0) is 52.0 Å². The van der Waals surface area contributed by atoms with Gasteiger partial charge in [0, 0.05) is 42.5 Å². The molecule has 3 heterocycles. The predicted octanol–water partition coefficient (Wildman–Crippen LogP) is 2.45. The molecule has 0 aliphatic carbocycles. The van der Waals surface area contributed by atoms with Crippen LogP contribution in [0.5, 0.6) is 0 Å². The number of fused-ring (bicyclic) bond motifs is 2. The van der Waals surface area contributed by atoms with Gasteiger partial charge in [-0.2, -0.15) is 0 Å². The zero-order valence-electron chi connectivity index (χ0n) is 20.2. The van der Waals surface area contributed by atoms with Crippen molar-refractivity contribution in [1.82, 2.24) is 14.5 Å². The van der Waals surface area contributed by atoms with Crippen molar-refractivity contribution in [3.63, 3.8) is 0 Å². The van der Waals surface area contributed by atoms with Crippen LogP contribution in [0.3, 0.4) is 0 Å². The summed E-state index contributed by atoms with van der Waals surface area (Å²) in [4.78, 5) is 37.9. The summed E-state index contributed by atoms with van der Waals surface area (Å²) in [5.74, 6) is -3.09. The highest BCUT2D eigenvalue weighted by molar-refractivity contribution is 6.27. The lowest BCUT2D eigenvalue weighted by Crippen LogP contribution is -2.46. The third-order valence-electron chi connectivity index (χ3n) is 6.89. The molecule has 2 fully saturated rings. The molecule has 4 rings (SSSR count). The average Bonchev–Trinajstić information content (AvgIpc) is 3.05. The second kappa shape index (κ2) is 11.5. The molecule has 0 saturated carbocycles. The Bertz CT molecular complexity index is 1110. The Morgan fingerprint density at radius 2 is 1.71 bits per heavy atom. The first-order valence-electron chi connectivity index (χ1n) is 11.7. The lowest BCUT2D eigenvalue weighted by Gasteiger charge is -2.39. The number of rotatable bonds is 6. The number of piperidine rings is 1. The van der Waals surface area contributed by atoms with Gasteiger partial charge in [0.15, 0.2) is 0 Å². The number of hydrogen-bond acceptors (Lipinski definition) is 6. The van der Waals surface area contributed by atoms with Crippen molar-refractivity contribution in [3.05, 3.63) is 63.1 Å². The molecule has 190 valence electrons. The van der Waals surface area contributed by atoms with Crippen LogP contribution in [0.1, 0.15) is 48.3 Å². The molecule has 0 radical (unpaired) electrons. The molecule has 2 unspecified atom stereocenters. The standard InChI is InChI=1S/C23H30FN3O2.C2H2O4/c1-15-21(23(28)26(3)16(2)25-15)10-11-27-18-8-9-19(27)13-20(12-18)29-14-17-6-4-5-7-22(17)24;3-1(4)2(5)6/h4-7,18-20H,8-14H2,1-3H3;(H,3,4)(H,5,6). The highest BCUT2D eigenvalue weighted by Gasteiger charge is 2.40. The zero-order valence-corrected chi connectivity index (χ0v) is 20.2. The Morgan fingerprint density at radius 1 is 1.11 bits per heavy atom. The van der Waals surface area contributed by atoms with Crippen LogP contribution in [0.15, 0.2) is 29.1 Å². The van der Waals surface area contributed by atoms with E-state index in [1.165, 1.54) is 18.9 Å². The smallest absolute Gasteiger partial charge is 0.414 e. The number of halogens is 1. The van der Waals surface area contributed by atoms with Crippen molar-refractivity contribution < 1.29 is 28.9 Å². The lowest BCUT2D eigenvalue weighted by molar-refractivity contribution is -0.159. The third-order valence-corrected chi connectivity index (χ3v) is 6.89. The van der Waals surface area contributed by atoms with Crippen LogP contribution in [0.2, 0.25) is 0 Å². The summed E-state index contributed by atoms with van der Waals surface area (Å²) in [6.45, 7) is 5.02. The molecule has 9 nitrogen and oxygen atoms in total. The molecule has 2 aromatic rings. The predicted molar refractivity (Wildman–Crippen MR) is 126 cm³/mol. The molecular weight excluding hydrogens is 457 g/mol. The van der Waals surface area contributed by atoms with E-state index in [1.54, 1.807) is 23.7 Å². The van der Waals surface area contributed by atoms with E-state index in [-0.39, 0.29) is 17.5 Å². The molecule has 1 aromatic carbocycles. The molecule has 1 aromatic heterocycles. The average molecular weight is 490 g/mol. The number of aryl methyl sites for hydroxylation is 2. The minimum atomic E-state index is -1.82. The normalized spacial score (nSPS) is 21.3. The van der Waals surface area contributed by atoms with Gasteiger partial charge in [0.2, 0.25) is 0 Å². The maximum Gasteiger partial charge on any atom is 0.414 e. The molecule has 0 amide bonds. The van der Waals surface area contributed by atoms with E-state index in [4.69, 9.17) is 24.5 Å². The fourth-order valence-electron chi connectivity index (χ4n) is 4.97.